The maximum atomic E-state index is 12.0. The molecule has 0 saturated heterocycles. The Labute approximate surface area is 124 Å². The van der Waals surface area contributed by atoms with E-state index in [1.54, 1.807) is 12.1 Å². The Balaban J connectivity index is 2.84. The smallest absolute Gasteiger partial charge is 0.273 e. The number of benzene rings is 1. The molecule has 1 rings (SSSR count). The van der Waals surface area contributed by atoms with Gasteiger partial charge in [0.15, 0.2) is 0 Å². The largest absolute Gasteiger partial charge is 0.391 e. The van der Waals surface area contributed by atoms with Gasteiger partial charge in [0.1, 0.15) is 0 Å². The molecule has 0 bridgehead atoms. The first-order valence-electron chi connectivity index (χ1n) is 6.90. The number of nitrogens with zero attached hydrogens (tertiary/aromatic N) is 1. The van der Waals surface area contributed by atoms with Crippen molar-refractivity contribution in [2.24, 2.45) is 5.41 Å². The Morgan fingerprint density at radius 3 is 2.52 bits per heavy atom. The van der Waals surface area contributed by atoms with Crippen LogP contribution in [0.1, 0.15) is 43.6 Å². The second-order valence-electron chi connectivity index (χ2n) is 6.05. The molecule has 0 aliphatic carbocycles. The van der Waals surface area contributed by atoms with Gasteiger partial charge >= 0.3 is 0 Å². The molecule has 0 spiro atoms. The Hall–Kier alpha value is -1.95. The molecule has 1 amide bonds. The number of aryl methyl sites for hydroxylation is 1. The predicted molar refractivity (Wildman–Crippen MR) is 80.3 cm³/mol. The molecule has 1 atom stereocenters. The van der Waals surface area contributed by atoms with E-state index in [2.05, 4.69) is 5.32 Å². The maximum absolute atomic E-state index is 12.0. The summed E-state index contributed by atoms with van der Waals surface area (Å²) in [5, 5.41) is 23.5. The van der Waals surface area contributed by atoms with Crippen molar-refractivity contribution in [2.45, 2.75) is 40.2 Å². The number of rotatable bonds is 5. The van der Waals surface area contributed by atoms with Gasteiger partial charge in [0.25, 0.3) is 11.6 Å². The van der Waals surface area contributed by atoms with E-state index in [1.165, 1.54) is 6.07 Å². The second kappa shape index (κ2) is 6.67. The molecule has 21 heavy (non-hydrogen) atoms. The molecule has 6 heteroatoms. The first-order valence-corrected chi connectivity index (χ1v) is 6.90. The Bertz CT molecular complexity index is 535. The number of amides is 1. The van der Waals surface area contributed by atoms with Gasteiger partial charge in [-0.2, -0.15) is 0 Å². The van der Waals surface area contributed by atoms with Crippen molar-refractivity contribution >= 4 is 11.6 Å². The fourth-order valence-corrected chi connectivity index (χ4v) is 1.77. The highest BCUT2D eigenvalue weighted by Crippen LogP contribution is 2.21. The fourth-order valence-electron chi connectivity index (χ4n) is 1.77. The number of carbonyl (C=O) groups excluding carboxylic acids is 1. The van der Waals surface area contributed by atoms with Gasteiger partial charge in [-0.05, 0) is 17.9 Å². The summed E-state index contributed by atoms with van der Waals surface area (Å²) in [5.41, 5.74) is 0.415. The van der Waals surface area contributed by atoms with Crippen LogP contribution >= 0.6 is 0 Å². The minimum Gasteiger partial charge on any atom is -0.391 e. The van der Waals surface area contributed by atoms with Crippen LogP contribution in [0.15, 0.2) is 18.2 Å². The highest BCUT2D eigenvalue weighted by atomic mass is 16.6. The summed E-state index contributed by atoms with van der Waals surface area (Å²) < 4.78 is 0. The van der Waals surface area contributed by atoms with E-state index >= 15 is 0 Å². The van der Waals surface area contributed by atoms with Gasteiger partial charge in [-0.1, -0.05) is 33.8 Å². The van der Waals surface area contributed by atoms with Crippen LogP contribution in [0.5, 0.6) is 0 Å². The van der Waals surface area contributed by atoms with Crippen molar-refractivity contribution in [3.63, 3.8) is 0 Å². The lowest BCUT2D eigenvalue weighted by atomic mass is 9.89. The van der Waals surface area contributed by atoms with Crippen LogP contribution in [-0.4, -0.2) is 28.6 Å². The van der Waals surface area contributed by atoms with Crippen molar-refractivity contribution in [1.29, 1.82) is 0 Å². The molecular formula is C15H22N2O4. The number of hydrogen-bond acceptors (Lipinski definition) is 4. The van der Waals surface area contributed by atoms with E-state index in [4.69, 9.17) is 0 Å². The van der Waals surface area contributed by atoms with Gasteiger partial charge in [0.2, 0.25) is 0 Å². The lowest BCUT2D eigenvalue weighted by Gasteiger charge is -2.25. The van der Waals surface area contributed by atoms with Crippen LogP contribution in [0.3, 0.4) is 0 Å². The summed E-state index contributed by atoms with van der Waals surface area (Å²) in [6.45, 7) is 7.52. The van der Waals surface area contributed by atoms with Crippen molar-refractivity contribution in [1.82, 2.24) is 5.32 Å². The van der Waals surface area contributed by atoms with E-state index < -0.39 is 16.9 Å². The van der Waals surface area contributed by atoms with Gasteiger partial charge in [0, 0.05) is 23.7 Å². The van der Waals surface area contributed by atoms with E-state index in [0.717, 1.165) is 0 Å². The maximum Gasteiger partial charge on any atom is 0.273 e. The number of nitrogens with one attached hydrogen (secondary N) is 1. The Morgan fingerprint density at radius 2 is 2.05 bits per heavy atom. The third-order valence-electron chi connectivity index (χ3n) is 3.38. The second-order valence-corrected chi connectivity index (χ2v) is 6.05. The molecule has 0 fully saturated rings. The molecule has 0 radical (unpaired) electrons. The normalized spacial score (nSPS) is 12.8. The van der Waals surface area contributed by atoms with Gasteiger partial charge in [-0.15, -0.1) is 0 Å². The topological polar surface area (TPSA) is 92.5 Å². The van der Waals surface area contributed by atoms with Crippen LogP contribution in [0, 0.1) is 15.5 Å². The minimum absolute atomic E-state index is 0.0541. The molecule has 1 aromatic rings. The standard InChI is InChI=1S/C15H22N2O4/c1-5-10-6-7-11(8-12(10)17(20)21)14(19)16-9-13(18)15(2,3)4/h6-8,13,18H,5,9H2,1-4H3,(H,16,19). The molecule has 0 saturated carbocycles. The number of nitro groups is 1. The lowest BCUT2D eigenvalue weighted by Crippen LogP contribution is -2.39. The van der Waals surface area contributed by atoms with Gasteiger partial charge in [-0.25, -0.2) is 0 Å². The first-order chi connectivity index (χ1) is 9.66. The number of hydrogen-bond donors (Lipinski definition) is 2. The van der Waals surface area contributed by atoms with Crippen molar-refractivity contribution < 1.29 is 14.8 Å². The van der Waals surface area contributed by atoms with Crippen LogP contribution in [-0.2, 0) is 6.42 Å². The molecule has 116 valence electrons. The fraction of sp³-hybridized carbons (Fsp3) is 0.533. The molecule has 6 nitrogen and oxygen atoms in total. The highest BCUT2D eigenvalue weighted by molar-refractivity contribution is 5.95. The zero-order valence-electron chi connectivity index (χ0n) is 12.8. The lowest BCUT2D eigenvalue weighted by molar-refractivity contribution is -0.385. The van der Waals surface area contributed by atoms with Crippen molar-refractivity contribution in [2.75, 3.05) is 6.54 Å². The average molecular weight is 294 g/mol. The predicted octanol–water partition coefficient (Wildman–Crippen LogP) is 2.29. The molecule has 2 N–H and O–H groups in total. The summed E-state index contributed by atoms with van der Waals surface area (Å²) in [5.74, 6) is -0.427. The zero-order valence-corrected chi connectivity index (χ0v) is 12.8. The van der Waals surface area contributed by atoms with E-state index in [-0.39, 0.29) is 23.2 Å². The number of carbonyl (C=O) groups is 1. The average Bonchev–Trinajstić information content (AvgIpc) is 2.42. The number of aliphatic hydroxyl groups excluding tert-OH is 1. The van der Waals surface area contributed by atoms with E-state index in [0.29, 0.717) is 12.0 Å². The quantitative estimate of drug-likeness (QED) is 0.643. The van der Waals surface area contributed by atoms with Crippen molar-refractivity contribution in [3.8, 4) is 0 Å². The van der Waals surface area contributed by atoms with Crippen LogP contribution in [0.4, 0.5) is 5.69 Å². The molecular weight excluding hydrogens is 272 g/mol. The first kappa shape index (κ1) is 17.1. The SMILES string of the molecule is CCc1ccc(C(=O)NCC(O)C(C)(C)C)cc1[N+](=O)[O-]. The van der Waals surface area contributed by atoms with E-state index in [9.17, 15) is 20.0 Å². The van der Waals surface area contributed by atoms with Crippen LogP contribution in [0.25, 0.3) is 0 Å². The summed E-state index contributed by atoms with van der Waals surface area (Å²) in [6.07, 6.45) is -0.160. The van der Waals surface area contributed by atoms with Gasteiger partial charge in [-0.3, -0.25) is 14.9 Å². The minimum atomic E-state index is -0.689. The van der Waals surface area contributed by atoms with Crippen LogP contribution < -0.4 is 5.32 Å². The van der Waals surface area contributed by atoms with Crippen LogP contribution in [0.2, 0.25) is 0 Å². The zero-order chi connectivity index (χ0) is 16.2. The highest BCUT2D eigenvalue weighted by Gasteiger charge is 2.23. The Kier molecular flexibility index (Phi) is 5.43. The molecule has 1 unspecified atom stereocenters. The molecule has 0 aliphatic rings. The molecule has 1 aromatic carbocycles. The summed E-state index contributed by atoms with van der Waals surface area (Å²) in [6, 6.07) is 4.43. The Morgan fingerprint density at radius 1 is 1.43 bits per heavy atom. The van der Waals surface area contributed by atoms with Crippen molar-refractivity contribution in [3.05, 3.63) is 39.4 Å². The third kappa shape index (κ3) is 4.53. The summed E-state index contributed by atoms with van der Waals surface area (Å²) in [4.78, 5) is 22.5. The number of aliphatic hydroxyl groups is 1. The van der Waals surface area contributed by atoms with Gasteiger partial charge < -0.3 is 10.4 Å². The summed E-state index contributed by atoms with van der Waals surface area (Å²) >= 11 is 0. The summed E-state index contributed by atoms with van der Waals surface area (Å²) in [7, 11) is 0. The molecule has 0 heterocycles. The monoisotopic (exact) mass is 294 g/mol. The molecule has 0 aromatic heterocycles. The third-order valence-corrected chi connectivity index (χ3v) is 3.38. The van der Waals surface area contributed by atoms with E-state index in [1.807, 2.05) is 27.7 Å². The van der Waals surface area contributed by atoms with Gasteiger partial charge in [0.05, 0.1) is 11.0 Å². The molecule has 0 aliphatic heterocycles. The number of nitro benzene ring substituents is 1.